The molecule has 1 amide bonds. The first-order valence-corrected chi connectivity index (χ1v) is 8.12. The van der Waals surface area contributed by atoms with Gasteiger partial charge in [0, 0.05) is 5.02 Å². The summed E-state index contributed by atoms with van der Waals surface area (Å²) in [6, 6.07) is 11.7. The molecule has 2 aromatic carbocycles. The predicted octanol–water partition coefficient (Wildman–Crippen LogP) is 4.59. The first kappa shape index (κ1) is 15.9. The molecule has 0 aromatic heterocycles. The van der Waals surface area contributed by atoms with Gasteiger partial charge in [-0.1, -0.05) is 29.3 Å². The molecule has 0 aliphatic carbocycles. The third kappa shape index (κ3) is 3.88. The van der Waals surface area contributed by atoms with E-state index < -0.39 is 0 Å². The van der Waals surface area contributed by atoms with Crippen LogP contribution in [0.3, 0.4) is 0 Å². The molecule has 2 aromatic rings. The van der Waals surface area contributed by atoms with Crippen LogP contribution < -0.4 is 5.32 Å². The SMILES string of the molecule is O=C1NC(=Nc2ccc(Cl)cc2)S/C1=C\c1ccc(O)c(Cl)c1. The Morgan fingerprint density at radius 1 is 1.13 bits per heavy atom. The molecular weight excluding hydrogens is 355 g/mol. The molecule has 1 aliphatic rings. The Kier molecular flexibility index (Phi) is 4.61. The van der Waals surface area contributed by atoms with Crippen LogP contribution >= 0.6 is 35.0 Å². The highest BCUT2D eigenvalue weighted by molar-refractivity contribution is 8.18. The van der Waals surface area contributed by atoms with Crippen LogP contribution in [0.1, 0.15) is 5.56 Å². The quantitative estimate of drug-likeness (QED) is 0.766. The molecule has 0 unspecified atom stereocenters. The summed E-state index contributed by atoms with van der Waals surface area (Å²) in [6.45, 7) is 0. The van der Waals surface area contributed by atoms with Gasteiger partial charge in [0.05, 0.1) is 15.6 Å². The third-order valence-corrected chi connectivity index (χ3v) is 4.44. The van der Waals surface area contributed by atoms with Crippen molar-refractivity contribution in [3.05, 3.63) is 63.0 Å². The normalized spacial score (nSPS) is 17.7. The van der Waals surface area contributed by atoms with Gasteiger partial charge < -0.3 is 10.4 Å². The first-order valence-electron chi connectivity index (χ1n) is 6.55. The van der Waals surface area contributed by atoms with E-state index in [9.17, 15) is 9.90 Å². The second kappa shape index (κ2) is 6.66. The number of hydrogen-bond donors (Lipinski definition) is 2. The Bertz CT molecular complexity index is 832. The minimum Gasteiger partial charge on any atom is -0.506 e. The molecule has 0 atom stereocenters. The molecule has 7 heteroatoms. The average Bonchev–Trinajstić information content (AvgIpc) is 2.85. The summed E-state index contributed by atoms with van der Waals surface area (Å²) in [4.78, 5) is 16.9. The minimum atomic E-state index is -0.230. The maximum atomic E-state index is 12.0. The van der Waals surface area contributed by atoms with Gasteiger partial charge in [0.2, 0.25) is 0 Å². The Balaban J connectivity index is 1.83. The fourth-order valence-corrected chi connectivity index (χ4v) is 3.03. The summed E-state index contributed by atoms with van der Waals surface area (Å²) in [5, 5.41) is 13.5. The molecule has 3 rings (SSSR count). The number of halogens is 2. The van der Waals surface area contributed by atoms with Crippen molar-refractivity contribution in [1.29, 1.82) is 0 Å². The van der Waals surface area contributed by atoms with E-state index in [1.807, 2.05) is 0 Å². The summed E-state index contributed by atoms with van der Waals surface area (Å²) in [6.07, 6.45) is 1.69. The smallest absolute Gasteiger partial charge is 0.264 e. The Labute approximate surface area is 146 Å². The lowest BCUT2D eigenvalue weighted by molar-refractivity contribution is -0.115. The molecule has 116 valence electrons. The summed E-state index contributed by atoms with van der Waals surface area (Å²) in [7, 11) is 0. The van der Waals surface area contributed by atoms with Gasteiger partial charge in [0.1, 0.15) is 5.75 Å². The maximum Gasteiger partial charge on any atom is 0.264 e. The van der Waals surface area contributed by atoms with Crippen LogP contribution in [-0.2, 0) is 4.79 Å². The summed E-state index contributed by atoms with van der Waals surface area (Å²) >= 11 is 12.9. The van der Waals surface area contributed by atoms with Crippen molar-refractivity contribution in [1.82, 2.24) is 5.32 Å². The highest BCUT2D eigenvalue weighted by Gasteiger charge is 2.23. The van der Waals surface area contributed by atoms with Crippen LogP contribution in [0.25, 0.3) is 6.08 Å². The molecule has 0 radical (unpaired) electrons. The Morgan fingerprint density at radius 2 is 1.87 bits per heavy atom. The van der Waals surface area contributed by atoms with Crippen molar-refractivity contribution in [2.45, 2.75) is 0 Å². The number of benzene rings is 2. The highest BCUT2D eigenvalue weighted by Crippen LogP contribution is 2.30. The molecule has 2 N–H and O–H groups in total. The number of thioether (sulfide) groups is 1. The van der Waals surface area contributed by atoms with Crippen LogP contribution in [0.2, 0.25) is 10.0 Å². The molecule has 23 heavy (non-hydrogen) atoms. The van der Waals surface area contributed by atoms with Gasteiger partial charge in [-0.3, -0.25) is 4.79 Å². The summed E-state index contributed by atoms with van der Waals surface area (Å²) in [5.74, 6) is -0.228. The second-order valence-electron chi connectivity index (χ2n) is 4.67. The van der Waals surface area contributed by atoms with E-state index in [1.54, 1.807) is 42.5 Å². The molecule has 0 bridgehead atoms. The lowest BCUT2D eigenvalue weighted by Gasteiger charge is -1.98. The lowest BCUT2D eigenvalue weighted by atomic mass is 10.2. The molecule has 0 spiro atoms. The van der Waals surface area contributed by atoms with Crippen molar-refractivity contribution in [2.75, 3.05) is 0 Å². The zero-order chi connectivity index (χ0) is 16.4. The number of amidine groups is 1. The van der Waals surface area contributed by atoms with Gasteiger partial charge in [0.25, 0.3) is 5.91 Å². The topological polar surface area (TPSA) is 61.7 Å². The number of rotatable bonds is 2. The number of nitrogens with one attached hydrogen (secondary N) is 1. The van der Waals surface area contributed by atoms with Gasteiger partial charge in [-0.2, -0.15) is 0 Å². The summed E-state index contributed by atoms with van der Waals surface area (Å²) in [5.41, 5.74) is 1.42. The highest BCUT2D eigenvalue weighted by atomic mass is 35.5. The van der Waals surface area contributed by atoms with Gasteiger partial charge >= 0.3 is 0 Å². The van der Waals surface area contributed by atoms with Crippen molar-refractivity contribution < 1.29 is 9.90 Å². The fourth-order valence-electron chi connectivity index (χ4n) is 1.88. The second-order valence-corrected chi connectivity index (χ2v) is 6.54. The van der Waals surface area contributed by atoms with E-state index >= 15 is 0 Å². The number of amides is 1. The number of phenols is 1. The van der Waals surface area contributed by atoms with E-state index in [0.717, 1.165) is 5.56 Å². The van der Waals surface area contributed by atoms with Crippen LogP contribution in [0.5, 0.6) is 5.75 Å². The number of phenolic OH excluding ortho intramolecular Hbond substituents is 1. The average molecular weight is 365 g/mol. The number of aromatic hydroxyl groups is 1. The van der Waals surface area contributed by atoms with Crippen LogP contribution in [-0.4, -0.2) is 16.2 Å². The molecule has 1 fully saturated rings. The third-order valence-electron chi connectivity index (χ3n) is 2.98. The zero-order valence-electron chi connectivity index (χ0n) is 11.6. The van der Waals surface area contributed by atoms with E-state index in [2.05, 4.69) is 10.3 Å². The molecule has 1 aliphatic heterocycles. The number of aliphatic imine (C=N–C) groups is 1. The van der Waals surface area contributed by atoms with Gasteiger partial charge in [-0.25, -0.2) is 4.99 Å². The minimum absolute atomic E-state index is 0.00216. The van der Waals surface area contributed by atoms with Crippen molar-refractivity contribution in [2.24, 2.45) is 4.99 Å². The van der Waals surface area contributed by atoms with E-state index in [-0.39, 0.29) is 16.7 Å². The number of carbonyl (C=O) groups is 1. The number of hydrogen-bond acceptors (Lipinski definition) is 4. The van der Waals surface area contributed by atoms with Crippen molar-refractivity contribution in [3.8, 4) is 5.75 Å². The standard InChI is InChI=1S/C16H10Cl2N2O2S/c17-10-2-4-11(5-3-10)19-16-20-15(22)14(23-16)8-9-1-6-13(21)12(18)7-9/h1-8,21H,(H,19,20,22)/b14-8-. The summed E-state index contributed by atoms with van der Waals surface area (Å²) < 4.78 is 0. The molecule has 0 saturated carbocycles. The van der Waals surface area contributed by atoms with Gasteiger partial charge in [-0.15, -0.1) is 0 Å². The van der Waals surface area contributed by atoms with Crippen LogP contribution in [0.4, 0.5) is 5.69 Å². The van der Waals surface area contributed by atoms with Crippen LogP contribution in [0, 0.1) is 0 Å². The lowest BCUT2D eigenvalue weighted by Crippen LogP contribution is -2.19. The molecule has 1 saturated heterocycles. The monoisotopic (exact) mass is 364 g/mol. The van der Waals surface area contributed by atoms with E-state index in [1.165, 1.54) is 17.8 Å². The van der Waals surface area contributed by atoms with E-state index in [4.69, 9.17) is 23.2 Å². The predicted molar refractivity (Wildman–Crippen MR) is 95.4 cm³/mol. The molecule has 1 heterocycles. The first-order chi connectivity index (χ1) is 11.0. The van der Waals surface area contributed by atoms with Crippen molar-refractivity contribution in [3.63, 3.8) is 0 Å². The number of carbonyl (C=O) groups excluding carboxylic acids is 1. The Hall–Kier alpha value is -1.95. The number of nitrogens with zero attached hydrogens (tertiary/aromatic N) is 1. The largest absolute Gasteiger partial charge is 0.506 e. The molecule has 4 nitrogen and oxygen atoms in total. The van der Waals surface area contributed by atoms with Crippen molar-refractivity contribution >= 4 is 57.8 Å². The van der Waals surface area contributed by atoms with Gasteiger partial charge in [-0.05, 0) is 59.8 Å². The van der Waals surface area contributed by atoms with Gasteiger partial charge in [0.15, 0.2) is 5.17 Å². The molecular formula is C16H10Cl2N2O2S. The fraction of sp³-hybridized carbons (Fsp3) is 0. The van der Waals surface area contributed by atoms with E-state index in [0.29, 0.717) is 20.8 Å². The Morgan fingerprint density at radius 3 is 2.57 bits per heavy atom. The zero-order valence-corrected chi connectivity index (χ0v) is 13.9. The van der Waals surface area contributed by atoms with Crippen LogP contribution in [0.15, 0.2) is 52.4 Å². The maximum absolute atomic E-state index is 12.0.